The molecule has 1 heterocycles. The molecule has 0 aliphatic heterocycles. The first kappa shape index (κ1) is 18.0. The first-order chi connectivity index (χ1) is 12.5. The number of hydrogen-bond donors (Lipinski definition) is 0. The van der Waals surface area contributed by atoms with Gasteiger partial charge in [0.1, 0.15) is 5.75 Å². The van der Waals surface area contributed by atoms with Gasteiger partial charge in [-0.2, -0.15) is 13.8 Å². The van der Waals surface area contributed by atoms with Crippen molar-refractivity contribution in [1.82, 2.24) is 15.0 Å². The van der Waals surface area contributed by atoms with E-state index in [4.69, 9.17) is 4.52 Å². The lowest BCUT2D eigenvalue weighted by molar-refractivity contribution is -0.0498. The van der Waals surface area contributed by atoms with Crippen LogP contribution in [0.5, 0.6) is 5.75 Å². The van der Waals surface area contributed by atoms with E-state index in [2.05, 4.69) is 14.9 Å². The molecule has 3 aromatic rings. The zero-order valence-corrected chi connectivity index (χ0v) is 14.5. The SMILES string of the molecule is CC(c1nc(-c2ccccc2)no1)N(C)Cc1ccc(OC(F)F)cc1. The Labute approximate surface area is 150 Å². The number of nitrogens with zero attached hydrogens (tertiary/aromatic N) is 3. The number of hydrogen-bond acceptors (Lipinski definition) is 5. The lowest BCUT2D eigenvalue weighted by Gasteiger charge is -2.21. The highest BCUT2D eigenvalue weighted by atomic mass is 19.3. The second kappa shape index (κ2) is 8.05. The molecular formula is C19H19F2N3O2. The third-order valence-electron chi connectivity index (χ3n) is 4.07. The average Bonchev–Trinajstić information content (AvgIpc) is 3.13. The van der Waals surface area contributed by atoms with Crippen LogP contribution in [0.2, 0.25) is 0 Å². The van der Waals surface area contributed by atoms with Gasteiger partial charge in [-0.05, 0) is 31.7 Å². The predicted octanol–water partition coefficient (Wildman–Crippen LogP) is 4.53. The maximum absolute atomic E-state index is 12.2. The van der Waals surface area contributed by atoms with E-state index < -0.39 is 6.61 Å². The van der Waals surface area contributed by atoms with Crippen LogP contribution in [0.4, 0.5) is 8.78 Å². The van der Waals surface area contributed by atoms with Gasteiger partial charge >= 0.3 is 6.61 Å². The summed E-state index contributed by atoms with van der Waals surface area (Å²) in [6.45, 7) is -0.254. The first-order valence-corrected chi connectivity index (χ1v) is 8.16. The second-order valence-electron chi connectivity index (χ2n) is 5.94. The Kier molecular flexibility index (Phi) is 5.58. The molecule has 7 heteroatoms. The molecule has 136 valence electrons. The zero-order valence-electron chi connectivity index (χ0n) is 14.5. The summed E-state index contributed by atoms with van der Waals surface area (Å²) in [6.07, 6.45) is 0. The van der Waals surface area contributed by atoms with Gasteiger partial charge in [-0.15, -0.1) is 0 Å². The van der Waals surface area contributed by atoms with E-state index in [0.717, 1.165) is 11.1 Å². The molecule has 5 nitrogen and oxygen atoms in total. The molecule has 0 radical (unpaired) electrons. The summed E-state index contributed by atoms with van der Waals surface area (Å²) in [7, 11) is 1.93. The smallest absolute Gasteiger partial charge is 0.387 e. The molecular weight excluding hydrogens is 340 g/mol. The molecule has 26 heavy (non-hydrogen) atoms. The monoisotopic (exact) mass is 359 g/mol. The fourth-order valence-electron chi connectivity index (χ4n) is 2.50. The summed E-state index contributed by atoms with van der Waals surface area (Å²) in [5.41, 5.74) is 1.86. The normalized spacial score (nSPS) is 12.5. The van der Waals surface area contributed by atoms with Gasteiger partial charge in [0.05, 0.1) is 6.04 Å². The number of ether oxygens (including phenoxy) is 1. The molecule has 0 aliphatic rings. The molecule has 1 atom stereocenters. The fraction of sp³-hybridized carbons (Fsp3) is 0.263. The van der Waals surface area contributed by atoms with Gasteiger partial charge in [-0.25, -0.2) is 0 Å². The van der Waals surface area contributed by atoms with E-state index in [1.54, 1.807) is 12.1 Å². The minimum Gasteiger partial charge on any atom is -0.435 e. The summed E-state index contributed by atoms with van der Waals surface area (Å²) >= 11 is 0. The number of alkyl halides is 2. The highest BCUT2D eigenvalue weighted by Gasteiger charge is 2.19. The van der Waals surface area contributed by atoms with Crippen LogP contribution in [-0.2, 0) is 6.54 Å². The minimum absolute atomic E-state index is 0.100. The molecule has 1 aromatic heterocycles. The second-order valence-corrected chi connectivity index (χ2v) is 5.94. The van der Waals surface area contributed by atoms with Gasteiger partial charge in [0.2, 0.25) is 11.7 Å². The van der Waals surface area contributed by atoms with Gasteiger partial charge < -0.3 is 9.26 Å². The van der Waals surface area contributed by atoms with Crippen LogP contribution in [0, 0.1) is 0 Å². The van der Waals surface area contributed by atoms with Crippen LogP contribution in [0.25, 0.3) is 11.4 Å². The lowest BCUT2D eigenvalue weighted by Crippen LogP contribution is -2.22. The highest BCUT2D eigenvalue weighted by Crippen LogP contribution is 2.23. The molecule has 1 unspecified atom stereocenters. The van der Waals surface area contributed by atoms with Crippen LogP contribution >= 0.6 is 0 Å². The van der Waals surface area contributed by atoms with E-state index in [9.17, 15) is 8.78 Å². The molecule has 0 saturated carbocycles. The predicted molar refractivity (Wildman–Crippen MR) is 92.7 cm³/mol. The molecule has 0 fully saturated rings. The Morgan fingerprint density at radius 3 is 2.42 bits per heavy atom. The lowest BCUT2D eigenvalue weighted by atomic mass is 10.2. The van der Waals surface area contributed by atoms with E-state index in [1.807, 2.05) is 49.2 Å². The van der Waals surface area contributed by atoms with Crippen molar-refractivity contribution < 1.29 is 18.0 Å². The van der Waals surface area contributed by atoms with Crippen LogP contribution in [-0.4, -0.2) is 28.7 Å². The molecule has 2 aromatic carbocycles. The van der Waals surface area contributed by atoms with Gasteiger partial charge in [0, 0.05) is 12.1 Å². The topological polar surface area (TPSA) is 51.4 Å². The van der Waals surface area contributed by atoms with Crippen molar-refractivity contribution in [2.75, 3.05) is 7.05 Å². The molecule has 0 aliphatic carbocycles. The molecule has 3 rings (SSSR count). The summed E-state index contributed by atoms with van der Waals surface area (Å²) in [6, 6.07) is 16.1. The molecule has 0 saturated heterocycles. The van der Waals surface area contributed by atoms with Crippen LogP contribution < -0.4 is 4.74 Å². The quantitative estimate of drug-likeness (QED) is 0.620. The summed E-state index contributed by atoms with van der Waals surface area (Å²) in [5.74, 6) is 1.21. The van der Waals surface area contributed by atoms with Crippen molar-refractivity contribution in [2.45, 2.75) is 26.1 Å². The first-order valence-electron chi connectivity index (χ1n) is 8.16. The molecule has 0 N–H and O–H groups in total. The van der Waals surface area contributed by atoms with Crippen molar-refractivity contribution in [2.24, 2.45) is 0 Å². The Balaban J connectivity index is 1.64. The zero-order chi connectivity index (χ0) is 18.5. The van der Waals surface area contributed by atoms with Crippen molar-refractivity contribution in [3.8, 4) is 17.1 Å². The number of halogens is 2. The molecule has 0 bridgehead atoms. The van der Waals surface area contributed by atoms with Crippen LogP contribution in [0.3, 0.4) is 0 Å². The van der Waals surface area contributed by atoms with E-state index in [0.29, 0.717) is 18.3 Å². The third-order valence-corrected chi connectivity index (χ3v) is 4.07. The van der Waals surface area contributed by atoms with Crippen molar-refractivity contribution in [1.29, 1.82) is 0 Å². The van der Waals surface area contributed by atoms with Gasteiger partial charge in [0.25, 0.3) is 0 Å². The summed E-state index contributed by atoms with van der Waals surface area (Å²) in [4.78, 5) is 6.50. The Morgan fingerprint density at radius 1 is 1.08 bits per heavy atom. The summed E-state index contributed by atoms with van der Waals surface area (Å²) in [5, 5.41) is 4.04. The van der Waals surface area contributed by atoms with Gasteiger partial charge in [0.15, 0.2) is 0 Å². The number of benzene rings is 2. The van der Waals surface area contributed by atoms with Crippen molar-refractivity contribution in [3.63, 3.8) is 0 Å². The van der Waals surface area contributed by atoms with Crippen LogP contribution in [0.15, 0.2) is 59.1 Å². The van der Waals surface area contributed by atoms with E-state index in [1.165, 1.54) is 12.1 Å². The fourth-order valence-corrected chi connectivity index (χ4v) is 2.50. The van der Waals surface area contributed by atoms with Gasteiger partial charge in [-0.3, -0.25) is 4.90 Å². The largest absolute Gasteiger partial charge is 0.435 e. The third kappa shape index (κ3) is 4.43. The maximum Gasteiger partial charge on any atom is 0.387 e. The minimum atomic E-state index is -2.82. The molecule has 0 spiro atoms. The molecule has 0 amide bonds. The maximum atomic E-state index is 12.2. The van der Waals surface area contributed by atoms with E-state index in [-0.39, 0.29) is 11.8 Å². The Bertz CT molecular complexity index is 822. The number of rotatable bonds is 7. The number of aromatic nitrogens is 2. The van der Waals surface area contributed by atoms with Crippen molar-refractivity contribution >= 4 is 0 Å². The highest BCUT2D eigenvalue weighted by molar-refractivity contribution is 5.53. The standard InChI is InChI=1S/C19H19F2N3O2/c1-13(18-22-17(23-26-18)15-6-4-3-5-7-15)24(2)12-14-8-10-16(11-9-14)25-19(20)21/h3-11,13,19H,12H2,1-2H3. The van der Waals surface area contributed by atoms with Crippen molar-refractivity contribution in [3.05, 3.63) is 66.1 Å². The Morgan fingerprint density at radius 2 is 1.77 bits per heavy atom. The van der Waals surface area contributed by atoms with E-state index >= 15 is 0 Å². The summed E-state index contributed by atoms with van der Waals surface area (Å²) < 4.78 is 34.1. The van der Waals surface area contributed by atoms with Crippen LogP contribution in [0.1, 0.15) is 24.4 Å². The van der Waals surface area contributed by atoms with Gasteiger partial charge in [-0.1, -0.05) is 47.6 Å². The Hall–Kier alpha value is -2.80. The average molecular weight is 359 g/mol.